The first kappa shape index (κ1) is 37.1. The van der Waals surface area contributed by atoms with Crippen LogP contribution in [-0.2, 0) is 19.6 Å². The first-order valence-corrected chi connectivity index (χ1v) is 19.4. The SMILES string of the molecule is CCCCCCCCC(CCCCCC)COC(=O)CNS(=O)(=O)c1ccc2sc(N=Nc3c(C)nn(-c4ccccc4)c3N)nc2c1. The van der Waals surface area contributed by atoms with Crippen LogP contribution in [-0.4, -0.2) is 42.3 Å². The van der Waals surface area contributed by atoms with Gasteiger partial charge in [-0.3, -0.25) is 4.79 Å². The Hall–Kier alpha value is -3.68. The molecule has 0 bridgehead atoms. The minimum atomic E-state index is -3.98. The molecule has 13 heteroatoms. The Morgan fingerprint density at radius 2 is 1.62 bits per heavy atom. The number of para-hydroxylation sites is 1. The number of carbonyl (C=O) groups excluding carboxylic acids is 1. The lowest BCUT2D eigenvalue weighted by molar-refractivity contribution is -0.143. The van der Waals surface area contributed by atoms with Gasteiger partial charge < -0.3 is 10.5 Å². The minimum Gasteiger partial charge on any atom is -0.464 e. The Kier molecular flexibility index (Phi) is 14.5. The second-order valence-electron chi connectivity index (χ2n) is 12.2. The van der Waals surface area contributed by atoms with E-state index in [4.69, 9.17) is 10.5 Å². The number of nitrogen functional groups attached to an aromatic ring is 1. The molecule has 3 N–H and O–H groups in total. The van der Waals surface area contributed by atoms with Gasteiger partial charge in [0, 0.05) is 0 Å². The number of carbonyl (C=O) groups is 1. The van der Waals surface area contributed by atoms with Crippen LogP contribution in [0.2, 0.25) is 0 Å². The maximum Gasteiger partial charge on any atom is 0.321 e. The molecule has 1 unspecified atom stereocenters. The number of fused-ring (bicyclic) bond motifs is 1. The van der Waals surface area contributed by atoms with Gasteiger partial charge in [-0.25, -0.2) is 18.1 Å². The molecule has 0 aliphatic rings. The topological polar surface area (TPSA) is 154 Å². The van der Waals surface area contributed by atoms with Crippen molar-refractivity contribution in [3.63, 3.8) is 0 Å². The molecular weight excluding hydrogens is 647 g/mol. The summed E-state index contributed by atoms with van der Waals surface area (Å²) < 4.78 is 36.4. The van der Waals surface area contributed by atoms with Crippen LogP contribution >= 0.6 is 11.3 Å². The Morgan fingerprint density at radius 3 is 2.33 bits per heavy atom. The highest BCUT2D eigenvalue weighted by atomic mass is 32.2. The molecule has 1 atom stereocenters. The summed E-state index contributed by atoms with van der Waals surface area (Å²) in [5, 5.41) is 13.4. The third kappa shape index (κ3) is 10.9. The van der Waals surface area contributed by atoms with Crippen molar-refractivity contribution in [2.24, 2.45) is 16.1 Å². The number of anilines is 1. The molecule has 0 fully saturated rings. The Balaban J connectivity index is 1.32. The predicted molar refractivity (Wildman–Crippen MR) is 193 cm³/mol. The van der Waals surface area contributed by atoms with Gasteiger partial charge in [0.1, 0.15) is 6.54 Å². The minimum absolute atomic E-state index is 0.00214. The third-order valence-corrected chi connectivity index (χ3v) is 10.6. The van der Waals surface area contributed by atoms with Crippen molar-refractivity contribution in [1.82, 2.24) is 19.5 Å². The van der Waals surface area contributed by atoms with Gasteiger partial charge in [0.15, 0.2) is 11.5 Å². The maximum absolute atomic E-state index is 13.1. The fraction of sp³-hybridized carbons (Fsp3) is 0.514. The predicted octanol–water partition coefficient (Wildman–Crippen LogP) is 8.95. The van der Waals surface area contributed by atoms with Gasteiger partial charge in [-0.05, 0) is 56.0 Å². The van der Waals surface area contributed by atoms with Crippen molar-refractivity contribution in [2.45, 2.75) is 103 Å². The number of benzene rings is 2. The number of ether oxygens (including phenoxy) is 1. The number of aryl methyl sites for hydroxylation is 1. The van der Waals surface area contributed by atoms with Crippen molar-refractivity contribution in [1.29, 1.82) is 0 Å². The number of sulfonamides is 1. The van der Waals surface area contributed by atoms with Gasteiger partial charge in [0.25, 0.3) is 0 Å². The van der Waals surface area contributed by atoms with Gasteiger partial charge in [-0.2, -0.15) is 9.82 Å². The lowest BCUT2D eigenvalue weighted by atomic mass is 9.95. The molecule has 48 heavy (non-hydrogen) atoms. The molecule has 4 aromatic rings. The van der Waals surface area contributed by atoms with Gasteiger partial charge in [-0.15, -0.1) is 10.2 Å². The number of nitrogens with one attached hydrogen (secondary N) is 1. The Bertz CT molecular complexity index is 1740. The summed E-state index contributed by atoms with van der Waals surface area (Å²) in [6.45, 7) is 6.09. The zero-order chi connectivity index (χ0) is 34.4. The standard InChI is InChI=1S/C35H49N7O4S2/c1-4-6-8-10-11-14-18-27(17-13-9-7-5-2)25-46-32(43)24-37-48(44,45)29-21-22-31-30(23-29)38-35(47-31)40-39-33-26(3)41-42(34(33)36)28-19-15-12-16-20-28/h12,15-16,19-23,27,37H,4-11,13-14,17-18,24-25,36H2,1-3H3. The average Bonchev–Trinajstić information content (AvgIpc) is 3.63. The van der Waals surface area contributed by atoms with Crippen molar-refractivity contribution in [3.8, 4) is 5.69 Å². The van der Waals surface area contributed by atoms with E-state index in [1.165, 1.54) is 74.8 Å². The lowest BCUT2D eigenvalue weighted by Crippen LogP contribution is -2.31. The lowest BCUT2D eigenvalue weighted by Gasteiger charge is -2.17. The fourth-order valence-electron chi connectivity index (χ4n) is 5.51. The highest BCUT2D eigenvalue weighted by molar-refractivity contribution is 7.89. The van der Waals surface area contributed by atoms with Gasteiger partial charge in [0.05, 0.1) is 33.1 Å². The van der Waals surface area contributed by atoms with Crippen molar-refractivity contribution < 1.29 is 17.9 Å². The molecule has 0 spiro atoms. The number of esters is 1. The maximum atomic E-state index is 13.1. The fourth-order valence-corrected chi connectivity index (χ4v) is 7.26. The highest BCUT2D eigenvalue weighted by Crippen LogP contribution is 2.34. The summed E-state index contributed by atoms with van der Waals surface area (Å²) in [5.74, 6) is 0.0666. The van der Waals surface area contributed by atoms with Gasteiger partial charge >= 0.3 is 5.97 Å². The summed E-state index contributed by atoms with van der Waals surface area (Å²) in [4.78, 5) is 17.0. The van der Waals surface area contributed by atoms with E-state index in [-0.39, 0.29) is 4.90 Å². The van der Waals surface area contributed by atoms with Crippen molar-refractivity contribution in [2.75, 3.05) is 18.9 Å². The quantitative estimate of drug-likeness (QED) is 0.0501. The second-order valence-corrected chi connectivity index (χ2v) is 14.9. The van der Waals surface area contributed by atoms with E-state index in [0.29, 0.717) is 40.4 Å². The second kappa shape index (κ2) is 18.8. The molecule has 11 nitrogen and oxygen atoms in total. The zero-order valence-electron chi connectivity index (χ0n) is 28.4. The van der Waals surface area contributed by atoms with Crippen LogP contribution in [0.1, 0.15) is 96.6 Å². The van der Waals surface area contributed by atoms with Gasteiger partial charge in [0.2, 0.25) is 15.2 Å². The number of nitrogens with two attached hydrogens (primary N) is 1. The summed E-state index contributed by atoms with van der Waals surface area (Å²) in [6.07, 6.45) is 14.1. The van der Waals surface area contributed by atoms with E-state index in [0.717, 1.165) is 36.1 Å². The molecule has 0 saturated carbocycles. The molecule has 0 amide bonds. The third-order valence-electron chi connectivity index (χ3n) is 8.28. The average molecular weight is 696 g/mol. The van der Waals surface area contributed by atoms with Crippen LogP contribution in [0.25, 0.3) is 15.9 Å². The van der Waals surface area contributed by atoms with Crippen LogP contribution in [0.5, 0.6) is 0 Å². The number of hydrogen-bond donors (Lipinski definition) is 2. The first-order chi connectivity index (χ1) is 23.2. The van der Waals surface area contributed by atoms with E-state index < -0.39 is 22.5 Å². The van der Waals surface area contributed by atoms with Crippen LogP contribution in [0.15, 0.2) is 63.7 Å². The molecule has 0 aliphatic carbocycles. The van der Waals surface area contributed by atoms with E-state index in [2.05, 4.69) is 38.9 Å². The molecule has 2 heterocycles. The zero-order valence-corrected chi connectivity index (χ0v) is 30.0. The number of hydrogen-bond acceptors (Lipinski definition) is 10. The summed E-state index contributed by atoms with van der Waals surface area (Å²) in [5.41, 5.74) is 8.62. The van der Waals surface area contributed by atoms with E-state index in [1.54, 1.807) is 17.7 Å². The van der Waals surface area contributed by atoms with E-state index in [1.807, 2.05) is 30.3 Å². The molecule has 260 valence electrons. The number of nitrogens with zero attached hydrogens (tertiary/aromatic N) is 5. The summed E-state index contributed by atoms with van der Waals surface area (Å²) >= 11 is 1.27. The molecular formula is C35H49N7O4S2. The summed E-state index contributed by atoms with van der Waals surface area (Å²) in [7, 11) is -3.98. The van der Waals surface area contributed by atoms with Crippen molar-refractivity contribution in [3.05, 3.63) is 54.2 Å². The molecule has 0 aliphatic heterocycles. The largest absolute Gasteiger partial charge is 0.464 e. The van der Waals surface area contributed by atoms with Gasteiger partial charge in [-0.1, -0.05) is 108 Å². The number of azo groups is 1. The number of unbranched alkanes of at least 4 members (excludes halogenated alkanes) is 8. The monoisotopic (exact) mass is 695 g/mol. The molecule has 2 aromatic heterocycles. The van der Waals surface area contributed by atoms with E-state index >= 15 is 0 Å². The Labute approximate surface area is 288 Å². The Morgan fingerprint density at radius 1 is 0.958 bits per heavy atom. The molecule has 4 rings (SSSR count). The van der Waals surface area contributed by atoms with Crippen LogP contribution in [0, 0.1) is 12.8 Å². The van der Waals surface area contributed by atoms with Crippen LogP contribution in [0.3, 0.4) is 0 Å². The highest BCUT2D eigenvalue weighted by Gasteiger charge is 2.19. The number of thiazole rings is 1. The smallest absolute Gasteiger partial charge is 0.321 e. The van der Waals surface area contributed by atoms with E-state index in [9.17, 15) is 13.2 Å². The molecule has 0 radical (unpaired) electrons. The first-order valence-electron chi connectivity index (χ1n) is 17.1. The normalized spacial score (nSPS) is 12.6. The van der Waals surface area contributed by atoms with Crippen molar-refractivity contribution >= 4 is 54.2 Å². The number of rotatable bonds is 21. The molecule has 2 aromatic carbocycles. The molecule has 0 saturated heterocycles. The van der Waals surface area contributed by atoms with Crippen LogP contribution in [0.4, 0.5) is 16.6 Å². The number of aromatic nitrogens is 3. The summed E-state index contributed by atoms with van der Waals surface area (Å²) in [6, 6.07) is 14.1. The van der Waals surface area contributed by atoms with Crippen LogP contribution < -0.4 is 10.5 Å².